The van der Waals surface area contributed by atoms with Gasteiger partial charge in [-0.05, 0) is 30.5 Å². The molecule has 0 bridgehead atoms. The summed E-state index contributed by atoms with van der Waals surface area (Å²) in [5.41, 5.74) is 4.54. The van der Waals surface area contributed by atoms with Crippen LogP contribution in [0.1, 0.15) is 45.7 Å². The number of alkyl halides is 3. The molecule has 134 valence electrons. The van der Waals surface area contributed by atoms with E-state index < -0.39 is 24.2 Å². The number of nitrogens with one attached hydrogen (secondary N) is 2. The number of nitrogens with zero attached hydrogens (tertiary/aromatic N) is 2. The second-order valence-electron chi connectivity index (χ2n) is 6.17. The molecule has 0 saturated carbocycles. The second-order valence-corrected chi connectivity index (χ2v) is 6.17. The number of carbonyl (C=O) groups is 1. The van der Waals surface area contributed by atoms with Crippen LogP contribution in [0.2, 0.25) is 0 Å². The summed E-state index contributed by atoms with van der Waals surface area (Å²) in [6, 6.07) is 4.48. The SMILES string of the molecule is Cc1ccc([C@H]2C[C@@H](C(F)(F)F)n3nc(C(=O)NN)cc3N2)cc1C. The van der Waals surface area contributed by atoms with Crippen LogP contribution in [0, 0.1) is 13.8 Å². The molecule has 4 N–H and O–H groups in total. The van der Waals surface area contributed by atoms with Gasteiger partial charge < -0.3 is 5.32 Å². The molecule has 1 aliphatic rings. The van der Waals surface area contributed by atoms with Gasteiger partial charge in [-0.1, -0.05) is 18.2 Å². The normalized spacial score (nSPS) is 19.9. The predicted molar refractivity (Wildman–Crippen MR) is 85.9 cm³/mol. The fourth-order valence-corrected chi connectivity index (χ4v) is 2.96. The van der Waals surface area contributed by atoms with Crippen LogP contribution in [0.15, 0.2) is 24.3 Å². The fraction of sp³-hybridized carbons (Fsp3) is 0.375. The van der Waals surface area contributed by atoms with E-state index in [1.165, 1.54) is 6.07 Å². The first-order valence-corrected chi connectivity index (χ1v) is 7.71. The van der Waals surface area contributed by atoms with Crippen molar-refractivity contribution in [3.05, 3.63) is 46.6 Å². The molecule has 0 radical (unpaired) electrons. The van der Waals surface area contributed by atoms with Gasteiger partial charge in [0.1, 0.15) is 5.82 Å². The van der Waals surface area contributed by atoms with Crippen LogP contribution in [-0.4, -0.2) is 21.9 Å². The number of benzene rings is 1. The molecule has 2 heterocycles. The number of halogens is 3. The molecule has 1 aromatic carbocycles. The number of amides is 1. The highest BCUT2D eigenvalue weighted by atomic mass is 19.4. The molecule has 25 heavy (non-hydrogen) atoms. The van der Waals surface area contributed by atoms with Crippen molar-refractivity contribution in [3.63, 3.8) is 0 Å². The topological polar surface area (TPSA) is 85.0 Å². The highest BCUT2D eigenvalue weighted by molar-refractivity contribution is 5.92. The Kier molecular flexibility index (Phi) is 4.19. The molecule has 0 fully saturated rings. The lowest BCUT2D eigenvalue weighted by atomic mass is 9.94. The standard InChI is InChI=1S/C16H18F3N5O/c1-8-3-4-10(5-9(8)2)11-6-13(16(17,18)19)24-14(21-11)7-12(23-24)15(25)22-20/h3-5,7,11,13,21H,6,20H2,1-2H3,(H,22,25)/t11-,13+/m1/s1. The summed E-state index contributed by atoms with van der Waals surface area (Å²) in [4.78, 5) is 11.6. The minimum Gasteiger partial charge on any atom is -0.363 e. The van der Waals surface area contributed by atoms with Crippen molar-refractivity contribution in [2.45, 2.75) is 38.5 Å². The third-order valence-electron chi connectivity index (χ3n) is 4.49. The number of nitrogens with two attached hydrogens (primary N) is 1. The molecule has 0 aliphatic carbocycles. The highest BCUT2D eigenvalue weighted by Gasteiger charge is 2.46. The Bertz CT molecular complexity index is 815. The number of anilines is 1. The summed E-state index contributed by atoms with van der Waals surface area (Å²) in [5, 5.41) is 6.81. The van der Waals surface area contributed by atoms with Crippen LogP contribution in [0.3, 0.4) is 0 Å². The van der Waals surface area contributed by atoms with Gasteiger partial charge in [0.15, 0.2) is 11.7 Å². The molecule has 9 heteroatoms. The summed E-state index contributed by atoms with van der Waals surface area (Å²) >= 11 is 0. The van der Waals surface area contributed by atoms with Crippen LogP contribution in [0.25, 0.3) is 0 Å². The minimum atomic E-state index is -4.49. The molecule has 6 nitrogen and oxygen atoms in total. The van der Waals surface area contributed by atoms with Crippen molar-refractivity contribution in [3.8, 4) is 0 Å². The third kappa shape index (κ3) is 3.19. The largest absolute Gasteiger partial charge is 0.410 e. The molecule has 0 spiro atoms. The quantitative estimate of drug-likeness (QED) is 0.440. The van der Waals surface area contributed by atoms with Crippen LogP contribution in [0.4, 0.5) is 19.0 Å². The smallest absolute Gasteiger partial charge is 0.363 e. The van der Waals surface area contributed by atoms with Gasteiger partial charge in [-0.2, -0.15) is 18.3 Å². The number of hydrazine groups is 1. The zero-order chi connectivity index (χ0) is 18.4. The van der Waals surface area contributed by atoms with Crippen LogP contribution < -0.4 is 16.6 Å². The van der Waals surface area contributed by atoms with E-state index in [2.05, 4.69) is 10.4 Å². The molecular formula is C16H18F3N5O. The number of aromatic nitrogens is 2. The van der Waals surface area contributed by atoms with Gasteiger partial charge in [0.05, 0.1) is 6.04 Å². The zero-order valence-electron chi connectivity index (χ0n) is 13.7. The summed E-state index contributed by atoms with van der Waals surface area (Å²) in [7, 11) is 0. The van der Waals surface area contributed by atoms with Gasteiger partial charge in [-0.3, -0.25) is 10.2 Å². The first-order chi connectivity index (χ1) is 11.7. The zero-order valence-corrected chi connectivity index (χ0v) is 13.7. The molecule has 0 saturated heterocycles. The molecule has 0 unspecified atom stereocenters. The number of rotatable bonds is 2. The predicted octanol–water partition coefficient (Wildman–Crippen LogP) is 2.76. The summed E-state index contributed by atoms with van der Waals surface area (Å²) in [6.07, 6.45) is -4.71. The van der Waals surface area contributed by atoms with Crippen molar-refractivity contribution in [1.29, 1.82) is 0 Å². The van der Waals surface area contributed by atoms with Crippen LogP contribution >= 0.6 is 0 Å². The highest BCUT2D eigenvalue weighted by Crippen LogP contribution is 2.43. The van der Waals surface area contributed by atoms with E-state index in [1.54, 1.807) is 0 Å². The lowest BCUT2D eigenvalue weighted by Crippen LogP contribution is -2.36. The first kappa shape index (κ1) is 17.3. The lowest BCUT2D eigenvalue weighted by molar-refractivity contribution is -0.173. The Hall–Kier alpha value is -2.55. The monoisotopic (exact) mass is 353 g/mol. The van der Waals surface area contributed by atoms with Crippen LogP contribution in [0.5, 0.6) is 0 Å². The maximum Gasteiger partial charge on any atom is 0.410 e. The van der Waals surface area contributed by atoms with Crippen molar-refractivity contribution >= 4 is 11.7 Å². The van der Waals surface area contributed by atoms with Gasteiger partial charge in [-0.15, -0.1) is 0 Å². The average molecular weight is 353 g/mol. The first-order valence-electron chi connectivity index (χ1n) is 7.71. The number of carbonyl (C=O) groups excluding carboxylic acids is 1. The molecule has 2 aromatic rings. The number of nitrogen functional groups attached to an aromatic ring is 1. The maximum absolute atomic E-state index is 13.5. The molecule has 1 amide bonds. The van der Waals surface area contributed by atoms with E-state index in [-0.39, 0.29) is 17.9 Å². The van der Waals surface area contributed by atoms with Crippen molar-refractivity contribution in [2.75, 3.05) is 5.32 Å². The summed E-state index contributed by atoms with van der Waals surface area (Å²) < 4.78 is 41.4. The van der Waals surface area contributed by atoms with Gasteiger partial charge in [0, 0.05) is 12.5 Å². The number of aryl methyl sites for hydroxylation is 2. The molecule has 3 rings (SSSR count). The van der Waals surface area contributed by atoms with Crippen molar-refractivity contribution < 1.29 is 18.0 Å². The van der Waals surface area contributed by atoms with Gasteiger partial charge in [0.25, 0.3) is 5.91 Å². The molecule has 2 atom stereocenters. The third-order valence-corrected chi connectivity index (χ3v) is 4.49. The van der Waals surface area contributed by atoms with E-state index in [1.807, 2.05) is 37.5 Å². The molecule has 1 aliphatic heterocycles. The van der Waals surface area contributed by atoms with E-state index in [0.717, 1.165) is 21.4 Å². The number of hydrogen-bond donors (Lipinski definition) is 3. The number of fused-ring (bicyclic) bond motifs is 1. The van der Waals surface area contributed by atoms with E-state index >= 15 is 0 Å². The summed E-state index contributed by atoms with van der Waals surface area (Å²) in [5.74, 6) is 4.43. The van der Waals surface area contributed by atoms with Crippen LogP contribution in [-0.2, 0) is 0 Å². The Morgan fingerprint density at radius 1 is 1.32 bits per heavy atom. The fourth-order valence-electron chi connectivity index (χ4n) is 2.96. The Morgan fingerprint density at radius 2 is 2.04 bits per heavy atom. The second kappa shape index (κ2) is 6.07. The van der Waals surface area contributed by atoms with Crippen molar-refractivity contribution in [2.24, 2.45) is 5.84 Å². The lowest BCUT2D eigenvalue weighted by Gasteiger charge is -2.33. The maximum atomic E-state index is 13.5. The van der Waals surface area contributed by atoms with Gasteiger partial charge in [0.2, 0.25) is 0 Å². The van der Waals surface area contributed by atoms with Crippen molar-refractivity contribution in [1.82, 2.24) is 15.2 Å². The Labute approximate surface area is 142 Å². The van der Waals surface area contributed by atoms with E-state index in [0.29, 0.717) is 0 Å². The van der Waals surface area contributed by atoms with Gasteiger partial charge >= 0.3 is 6.18 Å². The Balaban J connectivity index is 2.02. The number of hydrogen-bond acceptors (Lipinski definition) is 4. The van der Waals surface area contributed by atoms with E-state index in [9.17, 15) is 18.0 Å². The molecule has 1 aromatic heterocycles. The molecular weight excluding hydrogens is 335 g/mol. The Morgan fingerprint density at radius 3 is 2.64 bits per heavy atom. The van der Waals surface area contributed by atoms with E-state index in [4.69, 9.17) is 5.84 Å². The summed E-state index contributed by atoms with van der Waals surface area (Å²) in [6.45, 7) is 3.86. The van der Waals surface area contributed by atoms with Gasteiger partial charge in [-0.25, -0.2) is 10.5 Å². The average Bonchev–Trinajstić information content (AvgIpc) is 2.98. The minimum absolute atomic E-state index is 0.135.